The SMILES string of the molecule is Cn1nc(-c2cnccn2)cc1CNC(=O)c1ccc2ncsc2c1. The zero-order chi connectivity index (χ0) is 17.2. The van der Waals surface area contributed by atoms with E-state index in [2.05, 4.69) is 25.4 Å². The van der Waals surface area contributed by atoms with Crippen LogP contribution >= 0.6 is 11.3 Å². The van der Waals surface area contributed by atoms with Crippen LogP contribution in [0.2, 0.25) is 0 Å². The van der Waals surface area contributed by atoms with Crippen molar-refractivity contribution >= 4 is 27.5 Å². The number of amides is 1. The third kappa shape index (κ3) is 3.11. The number of aromatic nitrogens is 5. The van der Waals surface area contributed by atoms with Crippen LogP contribution in [0.4, 0.5) is 0 Å². The molecule has 0 atom stereocenters. The van der Waals surface area contributed by atoms with Crippen LogP contribution in [0.3, 0.4) is 0 Å². The summed E-state index contributed by atoms with van der Waals surface area (Å²) in [5.41, 5.74) is 5.61. The van der Waals surface area contributed by atoms with Gasteiger partial charge in [-0.05, 0) is 24.3 Å². The van der Waals surface area contributed by atoms with E-state index < -0.39 is 0 Å². The summed E-state index contributed by atoms with van der Waals surface area (Å²) in [6, 6.07) is 7.40. The fraction of sp³-hybridized carbons (Fsp3) is 0.118. The number of nitrogens with zero attached hydrogens (tertiary/aromatic N) is 5. The summed E-state index contributed by atoms with van der Waals surface area (Å²) in [7, 11) is 1.84. The highest BCUT2D eigenvalue weighted by Crippen LogP contribution is 2.19. The van der Waals surface area contributed by atoms with E-state index in [-0.39, 0.29) is 5.91 Å². The van der Waals surface area contributed by atoms with Gasteiger partial charge in [-0.3, -0.25) is 19.4 Å². The number of hydrogen-bond acceptors (Lipinski definition) is 6. The van der Waals surface area contributed by atoms with Crippen LogP contribution < -0.4 is 5.32 Å². The lowest BCUT2D eigenvalue weighted by atomic mass is 10.2. The second kappa shape index (κ2) is 6.40. The van der Waals surface area contributed by atoms with Gasteiger partial charge < -0.3 is 5.32 Å². The van der Waals surface area contributed by atoms with Crippen molar-refractivity contribution in [1.82, 2.24) is 30.0 Å². The molecule has 1 N–H and O–H groups in total. The van der Waals surface area contributed by atoms with Crippen molar-refractivity contribution in [3.8, 4) is 11.4 Å². The van der Waals surface area contributed by atoms with Gasteiger partial charge in [0, 0.05) is 25.0 Å². The molecule has 4 aromatic rings. The van der Waals surface area contributed by atoms with Crippen molar-refractivity contribution in [3.05, 3.63) is 59.6 Å². The summed E-state index contributed by atoms with van der Waals surface area (Å²) >= 11 is 1.52. The van der Waals surface area contributed by atoms with Crippen molar-refractivity contribution in [2.45, 2.75) is 6.54 Å². The van der Waals surface area contributed by atoms with Crippen LogP contribution in [0, 0.1) is 0 Å². The van der Waals surface area contributed by atoms with Gasteiger partial charge in [-0.1, -0.05) is 0 Å². The van der Waals surface area contributed by atoms with E-state index in [1.54, 1.807) is 34.8 Å². The van der Waals surface area contributed by atoms with Gasteiger partial charge in [0.1, 0.15) is 11.4 Å². The zero-order valence-corrected chi connectivity index (χ0v) is 14.2. The normalized spacial score (nSPS) is 10.9. The molecule has 8 heteroatoms. The minimum absolute atomic E-state index is 0.127. The Bertz CT molecular complexity index is 1040. The van der Waals surface area contributed by atoms with E-state index in [4.69, 9.17) is 0 Å². The van der Waals surface area contributed by atoms with Gasteiger partial charge in [0.05, 0.1) is 34.2 Å². The maximum atomic E-state index is 12.4. The molecule has 0 spiro atoms. The average molecular weight is 350 g/mol. The summed E-state index contributed by atoms with van der Waals surface area (Å²) in [5, 5.41) is 7.35. The first-order valence-electron chi connectivity index (χ1n) is 7.61. The van der Waals surface area contributed by atoms with Gasteiger partial charge in [0.15, 0.2) is 0 Å². The number of nitrogens with one attached hydrogen (secondary N) is 1. The number of aryl methyl sites for hydroxylation is 1. The molecule has 0 bridgehead atoms. The lowest BCUT2D eigenvalue weighted by molar-refractivity contribution is 0.0950. The van der Waals surface area contributed by atoms with Crippen molar-refractivity contribution in [1.29, 1.82) is 0 Å². The standard InChI is InChI=1S/C17H14N6OS/c1-23-12(7-14(22-23)15-9-18-4-5-19-15)8-20-17(24)11-2-3-13-16(6-11)25-10-21-13/h2-7,9-10H,8H2,1H3,(H,20,24). The van der Waals surface area contributed by atoms with Gasteiger partial charge >= 0.3 is 0 Å². The Balaban J connectivity index is 1.49. The number of benzene rings is 1. The third-order valence-electron chi connectivity index (χ3n) is 3.83. The van der Waals surface area contributed by atoms with Crippen LogP contribution in [0.1, 0.15) is 16.1 Å². The molecule has 3 heterocycles. The summed E-state index contributed by atoms with van der Waals surface area (Å²) < 4.78 is 2.73. The Morgan fingerprint density at radius 3 is 2.96 bits per heavy atom. The molecule has 0 saturated carbocycles. The summed E-state index contributed by atoms with van der Waals surface area (Å²) in [5.74, 6) is -0.127. The Kier molecular flexibility index (Phi) is 3.95. The minimum atomic E-state index is -0.127. The molecule has 0 aliphatic carbocycles. The van der Waals surface area contributed by atoms with E-state index in [9.17, 15) is 4.79 Å². The van der Waals surface area contributed by atoms with Crippen LogP contribution in [-0.2, 0) is 13.6 Å². The highest BCUT2D eigenvalue weighted by molar-refractivity contribution is 7.16. The number of hydrogen-bond donors (Lipinski definition) is 1. The van der Waals surface area contributed by atoms with Crippen LogP contribution in [0.25, 0.3) is 21.6 Å². The topological polar surface area (TPSA) is 85.6 Å². The maximum Gasteiger partial charge on any atom is 0.251 e. The van der Waals surface area contributed by atoms with Crippen LogP contribution in [0.15, 0.2) is 48.4 Å². The number of carbonyl (C=O) groups excluding carboxylic acids is 1. The molecule has 0 aliphatic heterocycles. The summed E-state index contributed by atoms with van der Waals surface area (Å²) in [6.45, 7) is 0.378. The summed E-state index contributed by atoms with van der Waals surface area (Å²) in [4.78, 5) is 24.9. The zero-order valence-electron chi connectivity index (χ0n) is 13.4. The molecular weight excluding hydrogens is 336 g/mol. The van der Waals surface area contributed by atoms with Gasteiger partial charge in [0.25, 0.3) is 5.91 Å². The van der Waals surface area contributed by atoms with E-state index in [1.807, 2.05) is 25.2 Å². The highest BCUT2D eigenvalue weighted by Gasteiger charge is 2.11. The molecule has 0 saturated heterocycles. The Morgan fingerprint density at radius 2 is 2.12 bits per heavy atom. The fourth-order valence-corrected chi connectivity index (χ4v) is 3.21. The van der Waals surface area contributed by atoms with E-state index in [0.29, 0.717) is 17.8 Å². The predicted octanol–water partition coefficient (Wildman–Crippen LogP) is 2.42. The van der Waals surface area contributed by atoms with Crippen molar-refractivity contribution in [3.63, 3.8) is 0 Å². The largest absolute Gasteiger partial charge is 0.346 e. The van der Waals surface area contributed by atoms with E-state index >= 15 is 0 Å². The predicted molar refractivity (Wildman–Crippen MR) is 95.0 cm³/mol. The second-order valence-corrected chi connectivity index (χ2v) is 6.34. The molecule has 0 aliphatic rings. The first-order valence-corrected chi connectivity index (χ1v) is 8.49. The number of carbonyl (C=O) groups is 1. The van der Waals surface area contributed by atoms with Gasteiger partial charge in [0.2, 0.25) is 0 Å². The molecular formula is C17H14N6OS. The van der Waals surface area contributed by atoms with Crippen molar-refractivity contribution in [2.75, 3.05) is 0 Å². The third-order valence-corrected chi connectivity index (χ3v) is 4.62. The molecule has 0 unspecified atom stereocenters. The average Bonchev–Trinajstić information content (AvgIpc) is 3.26. The van der Waals surface area contributed by atoms with Gasteiger partial charge in [-0.2, -0.15) is 5.10 Å². The summed E-state index contributed by atoms with van der Waals surface area (Å²) in [6.07, 6.45) is 4.91. The smallest absolute Gasteiger partial charge is 0.251 e. The molecule has 25 heavy (non-hydrogen) atoms. The molecule has 7 nitrogen and oxygen atoms in total. The Labute approximate surface area is 147 Å². The van der Waals surface area contributed by atoms with Gasteiger partial charge in [-0.25, -0.2) is 4.98 Å². The molecule has 4 rings (SSSR count). The molecule has 1 aromatic carbocycles. The second-order valence-electron chi connectivity index (χ2n) is 5.45. The van der Waals surface area contributed by atoms with Crippen molar-refractivity contribution < 1.29 is 4.79 Å². The fourth-order valence-electron chi connectivity index (χ4n) is 2.50. The molecule has 3 aromatic heterocycles. The number of thiazole rings is 1. The van der Waals surface area contributed by atoms with E-state index in [0.717, 1.165) is 21.6 Å². The monoisotopic (exact) mass is 350 g/mol. The quantitative estimate of drug-likeness (QED) is 0.611. The molecule has 0 fully saturated rings. The Hall–Kier alpha value is -3.13. The van der Waals surface area contributed by atoms with E-state index in [1.165, 1.54) is 11.3 Å². The first kappa shape index (κ1) is 15.4. The van der Waals surface area contributed by atoms with Crippen LogP contribution in [-0.4, -0.2) is 30.6 Å². The highest BCUT2D eigenvalue weighted by atomic mass is 32.1. The first-order chi connectivity index (χ1) is 12.2. The maximum absolute atomic E-state index is 12.4. The number of fused-ring (bicyclic) bond motifs is 1. The lowest BCUT2D eigenvalue weighted by Crippen LogP contribution is -2.23. The minimum Gasteiger partial charge on any atom is -0.346 e. The lowest BCUT2D eigenvalue weighted by Gasteiger charge is -2.05. The Morgan fingerprint density at radius 1 is 1.20 bits per heavy atom. The van der Waals surface area contributed by atoms with Gasteiger partial charge in [-0.15, -0.1) is 11.3 Å². The van der Waals surface area contributed by atoms with Crippen molar-refractivity contribution in [2.24, 2.45) is 7.05 Å². The molecule has 1 amide bonds. The number of rotatable bonds is 4. The molecule has 0 radical (unpaired) electrons. The molecule has 124 valence electrons. The van der Waals surface area contributed by atoms with Crippen LogP contribution in [0.5, 0.6) is 0 Å².